The van der Waals surface area contributed by atoms with Crippen LogP contribution in [0.1, 0.15) is 51.5 Å². The first-order valence-electron chi connectivity index (χ1n) is 11.6. The molecule has 0 N–H and O–H groups in total. The van der Waals surface area contributed by atoms with Gasteiger partial charge < -0.3 is 0 Å². The maximum Gasteiger partial charge on any atom is 0.0921 e. The van der Waals surface area contributed by atoms with E-state index in [1.54, 1.807) is 0 Å². The number of rotatable bonds is 6. The van der Waals surface area contributed by atoms with E-state index in [0.29, 0.717) is 0 Å². The second kappa shape index (κ2) is 9.62. The molecule has 0 aliphatic rings. The van der Waals surface area contributed by atoms with Gasteiger partial charge in [0.2, 0.25) is 0 Å². The highest BCUT2D eigenvalue weighted by Crippen LogP contribution is 2.25. The van der Waals surface area contributed by atoms with Gasteiger partial charge >= 0.3 is 0 Å². The highest BCUT2D eigenvalue weighted by Gasteiger charge is 2.12. The highest BCUT2D eigenvalue weighted by atomic mass is 14.8. The Hall–Kier alpha value is -3.40. The van der Waals surface area contributed by atoms with Crippen molar-refractivity contribution in [3.63, 3.8) is 0 Å². The fourth-order valence-electron chi connectivity index (χ4n) is 4.08. The van der Waals surface area contributed by atoms with Gasteiger partial charge in [0.1, 0.15) is 0 Å². The lowest BCUT2D eigenvalue weighted by Crippen LogP contribution is -2.02. The SMILES string of the molecule is Cc1ccc(C)c(-c2nc(CCCc3ccc(C)c(-c4nc(C)ccc4C)n3)ccc2C)n1. The summed E-state index contributed by atoms with van der Waals surface area (Å²) in [6.45, 7) is 12.5. The lowest BCUT2D eigenvalue weighted by atomic mass is 10.0. The molecule has 4 heterocycles. The molecule has 0 atom stereocenters. The molecule has 4 aromatic rings. The van der Waals surface area contributed by atoms with Crippen LogP contribution in [0.25, 0.3) is 22.8 Å². The molecule has 4 heteroatoms. The van der Waals surface area contributed by atoms with Crippen LogP contribution < -0.4 is 0 Å². The van der Waals surface area contributed by atoms with Crippen molar-refractivity contribution < 1.29 is 0 Å². The van der Waals surface area contributed by atoms with E-state index in [4.69, 9.17) is 19.9 Å². The summed E-state index contributed by atoms with van der Waals surface area (Å²) in [6.07, 6.45) is 2.81. The Balaban J connectivity index is 1.51. The van der Waals surface area contributed by atoms with E-state index in [9.17, 15) is 0 Å². The first kappa shape index (κ1) is 22.8. The number of aryl methyl sites for hydroxylation is 8. The van der Waals surface area contributed by atoms with Crippen LogP contribution in [0, 0.1) is 41.5 Å². The average Bonchev–Trinajstić information content (AvgIpc) is 2.79. The van der Waals surface area contributed by atoms with Crippen molar-refractivity contribution in [2.24, 2.45) is 0 Å². The predicted molar refractivity (Wildman–Crippen MR) is 135 cm³/mol. The van der Waals surface area contributed by atoms with Gasteiger partial charge in [-0.3, -0.25) is 19.9 Å². The number of hydrogen-bond donors (Lipinski definition) is 0. The summed E-state index contributed by atoms with van der Waals surface area (Å²) in [5.41, 5.74) is 12.8. The molecule has 0 bridgehead atoms. The van der Waals surface area contributed by atoms with Crippen LogP contribution in [0.2, 0.25) is 0 Å². The summed E-state index contributed by atoms with van der Waals surface area (Å²) in [5, 5.41) is 0. The zero-order chi connectivity index (χ0) is 23.5. The quantitative estimate of drug-likeness (QED) is 0.340. The molecule has 0 unspecified atom stereocenters. The molecule has 4 nitrogen and oxygen atoms in total. The summed E-state index contributed by atoms with van der Waals surface area (Å²) in [5.74, 6) is 0. The minimum atomic E-state index is 0.907. The Morgan fingerprint density at radius 3 is 1.15 bits per heavy atom. The van der Waals surface area contributed by atoms with Crippen LogP contribution in [-0.2, 0) is 12.8 Å². The van der Waals surface area contributed by atoms with Crippen molar-refractivity contribution >= 4 is 0 Å². The van der Waals surface area contributed by atoms with Crippen LogP contribution in [0.15, 0.2) is 48.5 Å². The molecule has 0 saturated heterocycles. The third-order valence-electron chi connectivity index (χ3n) is 6.10. The molecular formula is C29H32N4. The van der Waals surface area contributed by atoms with Crippen LogP contribution in [0.3, 0.4) is 0 Å². The van der Waals surface area contributed by atoms with Crippen LogP contribution in [0.5, 0.6) is 0 Å². The Bertz CT molecular complexity index is 1210. The van der Waals surface area contributed by atoms with Crippen molar-refractivity contribution in [1.29, 1.82) is 0 Å². The van der Waals surface area contributed by atoms with Crippen molar-refractivity contribution in [3.8, 4) is 22.8 Å². The second-order valence-electron chi connectivity index (χ2n) is 9.03. The van der Waals surface area contributed by atoms with Crippen LogP contribution >= 0.6 is 0 Å². The zero-order valence-corrected chi connectivity index (χ0v) is 20.5. The van der Waals surface area contributed by atoms with Gasteiger partial charge in [0, 0.05) is 22.8 Å². The molecule has 4 rings (SSSR count). The Kier molecular flexibility index (Phi) is 6.64. The molecule has 0 aliphatic heterocycles. The molecule has 0 aliphatic carbocycles. The average molecular weight is 437 g/mol. The second-order valence-corrected chi connectivity index (χ2v) is 9.03. The van der Waals surface area contributed by atoms with Crippen molar-refractivity contribution in [3.05, 3.63) is 93.6 Å². The smallest absolute Gasteiger partial charge is 0.0921 e. The van der Waals surface area contributed by atoms with Crippen LogP contribution in [-0.4, -0.2) is 19.9 Å². The summed E-state index contributed by atoms with van der Waals surface area (Å²) in [4.78, 5) is 19.5. The van der Waals surface area contributed by atoms with Crippen molar-refractivity contribution in [2.75, 3.05) is 0 Å². The Labute approximate surface area is 197 Å². The van der Waals surface area contributed by atoms with Gasteiger partial charge in [-0.05, 0) is 107 Å². The molecule has 168 valence electrons. The van der Waals surface area contributed by atoms with E-state index >= 15 is 0 Å². The van der Waals surface area contributed by atoms with Gasteiger partial charge in [-0.25, -0.2) is 0 Å². The molecule has 0 saturated carbocycles. The molecule has 0 fully saturated rings. The van der Waals surface area contributed by atoms with E-state index < -0.39 is 0 Å². The Morgan fingerprint density at radius 1 is 0.424 bits per heavy atom. The molecule has 33 heavy (non-hydrogen) atoms. The van der Waals surface area contributed by atoms with Gasteiger partial charge in [0.05, 0.1) is 22.8 Å². The lowest BCUT2D eigenvalue weighted by molar-refractivity contribution is 0.781. The van der Waals surface area contributed by atoms with Gasteiger partial charge in [-0.2, -0.15) is 0 Å². The molecular weight excluding hydrogens is 404 g/mol. The molecule has 0 spiro atoms. The highest BCUT2D eigenvalue weighted by molar-refractivity contribution is 5.63. The van der Waals surface area contributed by atoms with E-state index in [2.05, 4.69) is 76.2 Å². The summed E-state index contributed by atoms with van der Waals surface area (Å²) in [7, 11) is 0. The topological polar surface area (TPSA) is 51.6 Å². The van der Waals surface area contributed by atoms with Gasteiger partial charge in [-0.1, -0.05) is 24.3 Å². The Morgan fingerprint density at radius 2 is 0.758 bits per heavy atom. The van der Waals surface area contributed by atoms with Crippen molar-refractivity contribution in [2.45, 2.75) is 60.8 Å². The molecule has 4 aromatic heterocycles. The monoisotopic (exact) mass is 436 g/mol. The van der Waals surface area contributed by atoms with E-state index in [1.807, 2.05) is 13.8 Å². The summed E-state index contributed by atoms with van der Waals surface area (Å²) < 4.78 is 0. The van der Waals surface area contributed by atoms with Crippen molar-refractivity contribution in [1.82, 2.24) is 19.9 Å². The summed E-state index contributed by atoms with van der Waals surface area (Å²) >= 11 is 0. The van der Waals surface area contributed by atoms with Gasteiger partial charge in [0.15, 0.2) is 0 Å². The number of nitrogens with zero attached hydrogens (tertiary/aromatic N) is 4. The maximum absolute atomic E-state index is 4.98. The fraction of sp³-hybridized carbons (Fsp3) is 0.310. The van der Waals surface area contributed by atoms with E-state index in [-0.39, 0.29) is 0 Å². The van der Waals surface area contributed by atoms with Gasteiger partial charge in [0.25, 0.3) is 0 Å². The minimum Gasteiger partial charge on any atom is -0.251 e. The number of pyridine rings is 4. The normalized spacial score (nSPS) is 11.1. The van der Waals surface area contributed by atoms with E-state index in [1.165, 1.54) is 0 Å². The number of aromatic nitrogens is 4. The predicted octanol–water partition coefficient (Wildman–Crippen LogP) is 6.63. The van der Waals surface area contributed by atoms with Crippen LogP contribution in [0.4, 0.5) is 0 Å². The third-order valence-corrected chi connectivity index (χ3v) is 6.10. The van der Waals surface area contributed by atoms with Gasteiger partial charge in [-0.15, -0.1) is 0 Å². The van der Waals surface area contributed by atoms with E-state index in [0.717, 1.165) is 87.1 Å². The fourth-order valence-corrected chi connectivity index (χ4v) is 4.08. The molecule has 0 radical (unpaired) electrons. The maximum atomic E-state index is 4.98. The summed E-state index contributed by atoms with van der Waals surface area (Å²) in [6, 6.07) is 16.9. The molecule has 0 aromatic carbocycles. The standard InChI is InChI=1S/C29H32N4/c1-18-10-14-22(5)30-26(18)28-20(3)12-16-24(32-28)8-7-9-25-17-13-21(4)29(33-25)27-19(2)11-15-23(6)31-27/h10-17H,7-9H2,1-6H3. The number of hydrogen-bond acceptors (Lipinski definition) is 4. The first-order valence-corrected chi connectivity index (χ1v) is 11.6. The molecule has 0 amide bonds. The largest absolute Gasteiger partial charge is 0.251 e. The lowest BCUT2D eigenvalue weighted by Gasteiger charge is -2.12. The first-order chi connectivity index (χ1) is 15.8. The minimum absolute atomic E-state index is 0.907. The zero-order valence-electron chi connectivity index (χ0n) is 20.5. The third kappa shape index (κ3) is 5.16.